The molecular formula is C20H25FN4O3. The quantitative estimate of drug-likeness (QED) is 0.758. The molecule has 0 bridgehead atoms. The number of aliphatic hydroxyl groups is 1. The van der Waals surface area contributed by atoms with E-state index in [9.17, 15) is 14.0 Å². The van der Waals surface area contributed by atoms with Crippen molar-refractivity contribution in [3.63, 3.8) is 0 Å². The SMILES string of the molecule is CCN(C(=O)c1ccc(-c2cc(C(=O)NCCO)cc(F)c2C)nn1)C(C)C. The number of halogens is 1. The maximum atomic E-state index is 14.3. The standard InChI is InChI=1S/C20H25FN4O3/c1-5-25(12(2)3)20(28)18-7-6-17(23-24-18)15-10-14(11-16(21)13(15)4)19(27)22-8-9-26/h6-7,10-12,26H,5,8-9H2,1-4H3,(H,22,27). The molecule has 2 rings (SSSR count). The van der Waals surface area contributed by atoms with E-state index in [-0.39, 0.29) is 36.4 Å². The molecule has 8 heteroatoms. The molecule has 7 nitrogen and oxygen atoms in total. The number of carbonyl (C=O) groups is 2. The van der Waals surface area contributed by atoms with Crippen LogP contribution in [0.25, 0.3) is 11.3 Å². The van der Waals surface area contributed by atoms with Crippen molar-refractivity contribution in [2.75, 3.05) is 19.7 Å². The van der Waals surface area contributed by atoms with Gasteiger partial charge in [-0.2, -0.15) is 0 Å². The fourth-order valence-electron chi connectivity index (χ4n) is 2.83. The Hall–Kier alpha value is -2.87. The Morgan fingerprint density at radius 1 is 1.25 bits per heavy atom. The Balaban J connectivity index is 2.36. The second-order valence-corrected chi connectivity index (χ2v) is 6.60. The molecule has 2 amide bonds. The van der Waals surface area contributed by atoms with Crippen LogP contribution in [0.15, 0.2) is 24.3 Å². The smallest absolute Gasteiger partial charge is 0.274 e. The number of carbonyl (C=O) groups excluding carboxylic acids is 2. The highest BCUT2D eigenvalue weighted by Crippen LogP contribution is 2.25. The molecule has 0 saturated heterocycles. The maximum absolute atomic E-state index is 14.3. The second-order valence-electron chi connectivity index (χ2n) is 6.60. The van der Waals surface area contributed by atoms with Gasteiger partial charge in [-0.25, -0.2) is 4.39 Å². The molecule has 150 valence electrons. The van der Waals surface area contributed by atoms with Crippen LogP contribution in [0.2, 0.25) is 0 Å². The number of hydrogen-bond donors (Lipinski definition) is 2. The van der Waals surface area contributed by atoms with E-state index in [4.69, 9.17) is 5.11 Å². The fourth-order valence-corrected chi connectivity index (χ4v) is 2.83. The summed E-state index contributed by atoms with van der Waals surface area (Å²) in [6.07, 6.45) is 0. The van der Waals surface area contributed by atoms with Crippen molar-refractivity contribution in [3.8, 4) is 11.3 Å². The molecule has 0 fully saturated rings. The van der Waals surface area contributed by atoms with Gasteiger partial charge in [0.05, 0.1) is 12.3 Å². The van der Waals surface area contributed by atoms with E-state index in [2.05, 4.69) is 15.5 Å². The van der Waals surface area contributed by atoms with Crippen molar-refractivity contribution < 1.29 is 19.1 Å². The molecule has 28 heavy (non-hydrogen) atoms. The lowest BCUT2D eigenvalue weighted by atomic mass is 10.0. The molecule has 1 aromatic carbocycles. The highest BCUT2D eigenvalue weighted by Gasteiger charge is 2.20. The topological polar surface area (TPSA) is 95.4 Å². The van der Waals surface area contributed by atoms with Gasteiger partial charge in [0.1, 0.15) is 5.82 Å². The first-order valence-electron chi connectivity index (χ1n) is 9.14. The highest BCUT2D eigenvalue weighted by molar-refractivity contribution is 5.96. The van der Waals surface area contributed by atoms with Gasteiger partial charge in [0.2, 0.25) is 0 Å². The Morgan fingerprint density at radius 2 is 1.96 bits per heavy atom. The summed E-state index contributed by atoms with van der Waals surface area (Å²) in [6.45, 7) is 7.72. The predicted molar refractivity (Wildman–Crippen MR) is 103 cm³/mol. The Morgan fingerprint density at radius 3 is 2.50 bits per heavy atom. The summed E-state index contributed by atoms with van der Waals surface area (Å²) in [6, 6.07) is 5.82. The van der Waals surface area contributed by atoms with Crippen LogP contribution >= 0.6 is 0 Å². The molecular weight excluding hydrogens is 363 g/mol. The maximum Gasteiger partial charge on any atom is 0.274 e. The molecule has 1 heterocycles. The van der Waals surface area contributed by atoms with Crippen LogP contribution in [-0.2, 0) is 0 Å². The molecule has 0 atom stereocenters. The zero-order chi connectivity index (χ0) is 20.8. The first kappa shape index (κ1) is 21.4. The zero-order valence-corrected chi connectivity index (χ0v) is 16.5. The zero-order valence-electron chi connectivity index (χ0n) is 16.5. The number of nitrogens with zero attached hydrogens (tertiary/aromatic N) is 3. The monoisotopic (exact) mass is 388 g/mol. The molecule has 0 radical (unpaired) electrons. The van der Waals surface area contributed by atoms with Crippen LogP contribution in [0.4, 0.5) is 4.39 Å². The van der Waals surface area contributed by atoms with E-state index in [1.165, 1.54) is 6.07 Å². The summed E-state index contributed by atoms with van der Waals surface area (Å²) < 4.78 is 14.3. The van der Waals surface area contributed by atoms with E-state index >= 15 is 0 Å². The number of benzene rings is 1. The first-order valence-corrected chi connectivity index (χ1v) is 9.14. The number of aromatic nitrogens is 2. The van der Waals surface area contributed by atoms with Crippen molar-refractivity contribution in [1.82, 2.24) is 20.4 Å². The lowest BCUT2D eigenvalue weighted by Gasteiger charge is -2.24. The van der Waals surface area contributed by atoms with Gasteiger partial charge in [-0.3, -0.25) is 9.59 Å². The van der Waals surface area contributed by atoms with E-state index in [1.807, 2.05) is 20.8 Å². The summed E-state index contributed by atoms with van der Waals surface area (Å²) in [7, 11) is 0. The van der Waals surface area contributed by atoms with Gasteiger partial charge < -0.3 is 15.3 Å². The number of hydrogen-bond acceptors (Lipinski definition) is 5. The minimum atomic E-state index is -0.550. The lowest BCUT2D eigenvalue weighted by molar-refractivity contribution is 0.0709. The molecule has 2 aromatic rings. The Kier molecular flexibility index (Phi) is 7.17. The number of aliphatic hydroxyl groups excluding tert-OH is 1. The third-order valence-corrected chi connectivity index (χ3v) is 4.39. The summed E-state index contributed by atoms with van der Waals surface area (Å²) in [5.41, 5.74) is 1.42. The van der Waals surface area contributed by atoms with E-state index in [0.29, 0.717) is 23.4 Å². The second kappa shape index (κ2) is 9.36. The number of amides is 2. The normalized spacial score (nSPS) is 10.8. The Labute approximate surface area is 163 Å². The van der Waals surface area contributed by atoms with Crippen molar-refractivity contribution >= 4 is 11.8 Å². The highest BCUT2D eigenvalue weighted by atomic mass is 19.1. The molecule has 0 spiro atoms. The number of rotatable bonds is 7. The van der Waals surface area contributed by atoms with Gasteiger partial charge in [-0.15, -0.1) is 10.2 Å². The van der Waals surface area contributed by atoms with Crippen molar-refractivity contribution in [1.29, 1.82) is 0 Å². The summed E-state index contributed by atoms with van der Waals surface area (Å²) in [5, 5.41) is 19.4. The molecule has 0 unspecified atom stereocenters. The van der Waals surface area contributed by atoms with Crippen LogP contribution in [0.3, 0.4) is 0 Å². The third-order valence-electron chi connectivity index (χ3n) is 4.39. The van der Waals surface area contributed by atoms with Crippen molar-refractivity contribution in [2.24, 2.45) is 0 Å². The summed E-state index contributed by atoms with van der Waals surface area (Å²) in [5.74, 6) is -1.27. The molecule has 2 N–H and O–H groups in total. The molecule has 0 saturated carbocycles. The van der Waals surface area contributed by atoms with E-state index in [1.54, 1.807) is 24.0 Å². The number of nitrogens with one attached hydrogen (secondary N) is 1. The molecule has 0 aliphatic rings. The van der Waals surface area contributed by atoms with Gasteiger partial charge in [-0.1, -0.05) is 0 Å². The van der Waals surface area contributed by atoms with Gasteiger partial charge >= 0.3 is 0 Å². The first-order chi connectivity index (χ1) is 13.3. The van der Waals surface area contributed by atoms with Gasteiger partial charge in [-0.05, 0) is 57.5 Å². The Bertz CT molecular complexity index is 853. The third kappa shape index (κ3) is 4.69. The van der Waals surface area contributed by atoms with E-state index in [0.717, 1.165) is 6.07 Å². The van der Waals surface area contributed by atoms with E-state index < -0.39 is 11.7 Å². The molecule has 0 aliphatic heterocycles. The van der Waals surface area contributed by atoms with Gasteiger partial charge in [0.25, 0.3) is 11.8 Å². The minimum absolute atomic E-state index is 0.0319. The fraction of sp³-hybridized carbons (Fsp3) is 0.400. The summed E-state index contributed by atoms with van der Waals surface area (Å²) >= 11 is 0. The van der Waals surface area contributed by atoms with Crippen LogP contribution in [0, 0.1) is 12.7 Å². The van der Waals surface area contributed by atoms with Gasteiger partial charge in [0.15, 0.2) is 5.69 Å². The largest absolute Gasteiger partial charge is 0.395 e. The predicted octanol–water partition coefficient (Wildman–Crippen LogP) is 2.18. The van der Waals surface area contributed by atoms with Crippen LogP contribution in [-0.4, -0.2) is 57.8 Å². The minimum Gasteiger partial charge on any atom is -0.395 e. The van der Waals surface area contributed by atoms with Crippen LogP contribution < -0.4 is 5.32 Å². The summed E-state index contributed by atoms with van der Waals surface area (Å²) in [4.78, 5) is 26.3. The molecule has 1 aromatic heterocycles. The lowest BCUT2D eigenvalue weighted by Crippen LogP contribution is -2.37. The van der Waals surface area contributed by atoms with Crippen molar-refractivity contribution in [3.05, 3.63) is 46.9 Å². The van der Waals surface area contributed by atoms with Crippen LogP contribution in [0.1, 0.15) is 47.2 Å². The average molecular weight is 388 g/mol. The van der Waals surface area contributed by atoms with Crippen molar-refractivity contribution in [2.45, 2.75) is 33.7 Å². The van der Waals surface area contributed by atoms with Crippen LogP contribution in [0.5, 0.6) is 0 Å². The average Bonchev–Trinajstić information content (AvgIpc) is 2.68. The molecule has 0 aliphatic carbocycles. The van der Waals surface area contributed by atoms with Gasteiger partial charge in [0, 0.05) is 30.3 Å².